The molecule has 4 rings (SSSR count). The minimum absolute atomic E-state index is 0.427. The molecule has 1 amide bonds. The summed E-state index contributed by atoms with van der Waals surface area (Å²) in [5.74, 6) is 0.0195. The third-order valence-electron chi connectivity index (χ3n) is 6.13. The number of carbonyl (C=O) groups is 1. The largest absolute Gasteiger partial charge is 0.344 e. The lowest BCUT2D eigenvalue weighted by Gasteiger charge is -2.41. The van der Waals surface area contributed by atoms with Crippen LogP contribution in [-0.2, 0) is 13.0 Å². The number of fused-ring (bicyclic) bond motifs is 1. The van der Waals surface area contributed by atoms with Crippen molar-refractivity contribution in [1.29, 1.82) is 0 Å². The Bertz CT molecular complexity index is 1080. The topological polar surface area (TPSA) is 57.5 Å². The molecule has 0 bridgehead atoms. The maximum Gasteiger partial charge on any atom is 0.274 e. The lowest BCUT2D eigenvalue weighted by molar-refractivity contribution is 0.0339. The second-order valence-corrected chi connectivity index (χ2v) is 9.29. The summed E-state index contributed by atoms with van der Waals surface area (Å²) >= 11 is 0. The van der Waals surface area contributed by atoms with Crippen molar-refractivity contribution < 1.29 is 14.4 Å². The molecule has 0 aliphatic carbocycles. The van der Waals surface area contributed by atoms with Gasteiger partial charge in [-0.25, -0.2) is 9.87 Å². The van der Waals surface area contributed by atoms with E-state index in [-0.39, 0.29) is 0 Å². The summed E-state index contributed by atoms with van der Waals surface area (Å²) in [5.41, 5.74) is 5.83. The number of alkyl halides is 1. The third kappa shape index (κ3) is 4.65. The number of hydrogen-bond donors (Lipinski definition) is 2. The fraction of sp³-hybridized carbons (Fsp3) is 0.400. The van der Waals surface area contributed by atoms with Crippen molar-refractivity contribution >= 4 is 16.8 Å². The Kier molecular flexibility index (Phi) is 5.86. The van der Waals surface area contributed by atoms with Gasteiger partial charge in [0, 0.05) is 54.3 Å². The van der Waals surface area contributed by atoms with Crippen molar-refractivity contribution in [3.63, 3.8) is 0 Å². The van der Waals surface area contributed by atoms with Crippen LogP contribution in [0.2, 0.25) is 0 Å². The van der Waals surface area contributed by atoms with Gasteiger partial charge in [0.25, 0.3) is 5.91 Å². The average Bonchev–Trinajstić information content (AvgIpc) is 2.97. The molecule has 1 aliphatic rings. The number of likely N-dealkylation sites (tertiary alicyclic amines) is 1. The van der Waals surface area contributed by atoms with Crippen LogP contribution in [0, 0.1) is 12.8 Å². The molecule has 1 fully saturated rings. The predicted octanol–water partition coefficient (Wildman–Crippen LogP) is 4.34. The highest BCUT2D eigenvalue weighted by atomic mass is 19.1. The number of aromatic nitrogens is 1. The van der Waals surface area contributed by atoms with E-state index in [1.807, 2.05) is 12.1 Å². The predicted molar refractivity (Wildman–Crippen MR) is 120 cm³/mol. The Morgan fingerprint density at radius 3 is 2.48 bits per heavy atom. The van der Waals surface area contributed by atoms with E-state index >= 15 is 0 Å². The van der Waals surface area contributed by atoms with E-state index in [2.05, 4.69) is 40.7 Å². The van der Waals surface area contributed by atoms with Crippen LogP contribution in [0.25, 0.3) is 10.9 Å². The number of hydroxylamine groups is 1. The van der Waals surface area contributed by atoms with Crippen LogP contribution >= 0.6 is 0 Å². The van der Waals surface area contributed by atoms with Gasteiger partial charge in [0.05, 0.1) is 0 Å². The lowest BCUT2D eigenvalue weighted by Crippen LogP contribution is -2.52. The van der Waals surface area contributed by atoms with E-state index in [0.29, 0.717) is 18.0 Å². The standard InChI is InChI=1S/C25H30FN3O2/c1-17-22(12-18-8-10-20(11-9-18)24(30)27-31)21-6-4-5-7-23(21)29(17)15-19-13-28(14-19)16-25(2,3)26/h4-11,19,31H,12-16H2,1-3H3,(H,27,30). The fourth-order valence-electron chi connectivity index (χ4n) is 4.72. The van der Waals surface area contributed by atoms with Crippen molar-refractivity contribution in [1.82, 2.24) is 14.9 Å². The van der Waals surface area contributed by atoms with Gasteiger partial charge in [-0.15, -0.1) is 0 Å². The average molecular weight is 424 g/mol. The monoisotopic (exact) mass is 423 g/mol. The zero-order valence-electron chi connectivity index (χ0n) is 18.4. The number of amides is 1. The van der Waals surface area contributed by atoms with Gasteiger partial charge in [-0.3, -0.25) is 14.9 Å². The Morgan fingerprint density at radius 1 is 1.16 bits per heavy atom. The van der Waals surface area contributed by atoms with Crippen molar-refractivity contribution in [2.24, 2.45) is 5.92 Å². The number of rotatable bonds is 7. The molecular formula is C25H30FN3O2. The minimum atomic E-state index is -1.15. The number of benzene rings is 2. The Morgan fingerprint density at radius 2 is 1.84 bits per heavy atom. The first-order valence-corrected chi connectivity index (χ1v) is 10.8. The molecule has 1 aliphatic heterocycles. The summed E-state index contributed by atoms with van der Waals surface area (Å²) in [7, 11) is 0. The molecule has 0 radical (unpaired) electrons. The summed E-state index contributed by atoms with van der Waals surface area (Å²) in [6, 6.07) is 15.8. The molecule has 0 unspecified atom stereocenters. The van der Waals surface area contributed by atoms with Crippen LogP contribution in [0.1, 0.15) is 41.0 Å². The molecule has 2 aromatic carbocycles. The van der Waals surface area contributed by atoms with Crippen LogP contribution in [0.5, 0.6) is 0 Å². The van der Waals surface area contributed by atoms with Gasteiger partial charge in [-0.2, -0.15) is 0 Å². The highest BCUT2D eigenvalue weighted by Crippen LogP contribution is 2.31. The van der Waals surface area contributed by atoms with Gasteiger partial charge < -0.3 is 4.57 Å². The number of hydrogen-bond acceptors (Lipinski definition) is 3. The van der Waals surface area contributed by atoms with Crippen molar-refractivity contribution in [3.05, 3.63) is 70.9 Å². The Balaban J connectivity index is 1.54. The normalized spacial score (nSPS) is 15.3. The number of nitrogens with zero attached hydrogens (tertiary/aromatic N) is 2. The van der Waals surface area contributed by atoms with E-state index in [1.54, 1.807) is 31.5 Å². The van der Waals surface area contributed by atoms with Gasteiger partial charge in [0.15, 0.2) is 0 Å². The molecule has 31 heavy (non-hydrogen) atoms. The van der Waals surface area contributed by atoms with Gasteiger partial charge >= 0.3 is 0 Å². The van der Waals surface area contributed by atoms with E-state index in [1.165, 1.54) is 22.2 Å². The van der Waals surface area contributed by atoms with Gasteiger partial charge in [0.1, 0.15) is 5.67 Å². The molecule has 3 aromatic rings. The minimum Gasteiger partial charge on any atom is -0.344 e. The summed E-state index contributed by atoms with van der Waals surface area (Å²) in [5, 5.41) is 10.0. The van der Waals surface area contributed by atoms with E-state index < -0.39 is 11.6 Å². The molecule has 6 heteroatoms. The molecule has 0 spiro atoms. The first kappa shape index (κ1) is 21.5. The number of nitrogens with one attached hydrogen (secondary N) is 1. The maximum absolute atomic E-state index is 13.9. The highest BCUT2D eigenvalue weighted by Gasteiger charge is 2.32. The maximum atomic E-state index is 13.9. The highest BCUT2D eigenvalue weighted by molar-refractivity contribution is 5.93. The van der Waals surface area contributed by atoms with Gasteiger partial charge in [-0.05, 0) is 56.5 Å². The summed E-state index contributed by atoms with van der Waals surface area (Å²) in [6.45, 7) is 8.74. The van der Waals surface area contributed by atoms with Crippen molar-refractivity contribution in [2.75, 3.05) is 19.6 Å². The molecule has 0 atom stereocenters. The zero-order chi connectivity index (χ0) is 22.2. The van der Waals surface area contributed by atoms with Crippen LogP contribution < -0.4 is 5.48 Å². The second kappa shape index (κ2) is 8.44. The third-order valence-corrected chi connectivity index (χ3v) is 6.13. The van der Waals surface area contributed by atoms with E-state index in [0.717, 1.165) is 31.6 Å². The molecule has 1 aromatic heterocycles. The molecular weight excluding hydrogens is 393 g/mol. The molecule has 2 heterocycles. The van der Waals surface area contributed by atoms with Crippen LogP contribution in [-0.4, -0.2) is 45.9 Å². The SMILES string of the molecule is Cc1c(Cc2ccc(C(=O)NO)cc2)c2ccccc2n1CC1CN(CC(C)(C)F)C1. The smallest absolute Gasteiger partial charge is 0.274 e. The number of halogens is 1. The van der Waals surface area contributed by atoms with E-state index in [9.17, 15) is 9.18 Å². The first-order chi connectivity index (χ1) is 14.7. The summed E-state index contributed by atoms with van der Waals surface area (Å²) in [6.07, 6.45) is 0.771. The van der Waals surface area contributed by atoms with Crippen molar-refractivity contribution in [3.8, 4) is 0 Å². The summed E-state index contributed by atoms with van der Waals surface area (Å²) < 4.78 is 16.3. The molecule has 2 N–H and O–H groups in total. The van der Waals surface area contributed by atoms with Crippen LogP contribution in [0.15, 0.2) is 48.5 Å². The quantitative estimate of drug-likeness (QED) is 0.439. The van der Waals surface area contributed by atoms with Gasteiger partial charge in [0.2, 0.25) is 0 Å². The molecule has 0 saturated carbocycles. The molecule has 1 saturated heterocycles. The van der Waals surface area contributed by atoms with Crippen LogP contribution in [0.4, 0.5) is 4.39 Å². The Hall–Kier alpha value is -2.70. The lowest BCUT2D eigenvalue weighted by atomic mass is 9.97. The second-order valence-electron chi connectivity index (χ2n) is 9.29. The first-order valence-electron chi connectivity index (χ1n) is 10.8. The number of para-hydroxylation sites is 1. The Labute approximate surface area is 182 Å². The van der Waals surface area contributed by atoms with Crippen LogP contribution in [0.3, 0.4) is 0 Å². The van der Waals surface area contributed by atoms with Gasteiger partial charge in [-0.1, -0.05) is 30.3 Å². The number of carbonyl (C=O) groups excluding carboxylic acids is 1. The summed E-state index contributed by atoms with van der Waals surface area (Å²) in [4.78, 5) is 13.8. The molecule has 5 nitrogen and oxygen atoms in total. The van der Waals surface area contributed by atoms with E-state index in [4.69, 9.17) is 5.21 Å². The van der Waals surface area contributed by atoms with Crippen molar-refractivity contribution in [2.45, 2.75) is 39.4 Å². The zero-order valence-corrected chi connectivity index (χ0v) is 18.4. The molecule has 164 valence electrons. The fourth-order valence-corrected chi connectivity index (χ4v) is 4.72.